The number of nitrogens with zero attached hydrogens (tertiary/aromatic N) is 1. The number of fused-ring (bicyclic) bond motifs is 1. The van der Waals surface area contributed by atoms with Crippen molar-refractivity contribution in [2.45, 2.75) is 39.5 Å². The first-order valence-corrected chi connectivity index (χ1v) is 9.72. The summed E-state index contributed by atoms with van der Waals surface area (Å²) >= 11 is 0. The molecule has 3 aromatic rings. The van der Waals surface area contributed by atoms with Crippen LogP contribution in [0.15, 0.2) is 32.3 Å². The van der Waals surface area contributed by atoms with E-state index in [4.69, 9.17) is 4.42 Å². The summed E-state index contributed by atoms with van der Waals surface area (Å²) in [7, 11) is -2.19. The highest BCUT2D eigenvalue weighted by atomic mass is 32.2. The van der Waals surface area contributed by atoms with Gasteiger partial charge in [0, 0.05) is 13.1 Å². The first kappa shape index (κ1) is 18.3. The number of rotatable bonds is 3. The third kappa shape index (κ3) is 2.72. The zero-order valence-corrected chi connectivity index (χ0v) is 16.5. The van der Waals surface area contributed by atoms with Crippen molar-refractivity contribution in [1.82, 2.24) is 4.57 Å². The Kier molecular flexibility index (Phi) is 4.23. The van der Waals surface area contributed by atoms with Crippen molar-refractivity contribution < 1.29 is 12.8 Å². The van der Waals surface area contributed by atoms with Crippen LogP contribution >= 0.6 is 0 Å². The van der Waals surface area contributed by atoms with Crippen LogP contribution in [0.5, 0.6) is 0 Å². The molecule has 1 aromatic heterocycles. The van der Waals surface area contributed by atoms with Crippen LogP contribution in [0.4, 0.5) is 5.69 Å². The average Bonchev–Trinajstić information content (AvgIpc) is 2.84. The molecule has 0 saturated carbocycles. The maximum Gasteiger partial charge on any atom is 0.419 e. The van der Waals surface area contributed by atoms with Crippen LogP contribution in [0, 0.1) is 34.6 Å². The van der Waals surface area contributed by atoms with E-state index in [-0.39, 0.29) is 0 Å². The van der Waals surface area contributed by atoms with Crippen LogP contribution in [0.3, 0.4) is 0 Å². The second-order valence-corrected chi connectivity index (χ2v) is 8.29. The van der Waals surface area contributed by atoms with Crippen molar-refractivity contribution in [2.75, 3.05) is 4.72 Å². The molecular formula is C19H22N2O4S. The first-order chi connectivity index (χ1) is 12.0. The first-order valence-electron chi connectivity index (χ1n) is 8.24. The van der Waals surface area contributed by atoms with Gasteiger partial charge < -0.3 is 4.42 Å². The number of nitrogens with one attached hydrogen (secondary N) is 1. The number of anilines is 1. The fourth-order valence-electron chi connectivity index (χ4n) is 3.27. The summed E-state index contributed by atoms with van der Waals surface area (Å²) in [5, 5.41) is 0. The molecule has 0 spiro atoms. The summed E-state index contributed by atoms with van der Waals surface area (Å²) in [5.74, 6) is -0.489. The molecule has 0 unspecified atom stereocenters. The van der Waals surface area contributed by atoms with Crippen molar-refractivity contribution in [2.24, 2.45) is 7.05 Å². The molecule has 0 atom stereocenters. The van der Waals surface area contributed by atoms with E-state index < -0.39 is 15.8 Å². The molecule has 0 saturated heterocycles. The Labute approximate surface area is 152 Å². The van der Waals surface area contributed by atoms with Crippen molar-refractivity contribution in [3.8, 4) is 0 Å². The van der Waals surface area contributed by atoms with Gasteiger partial charge in [0.25, 0.3) is 10.0 Å². The summed E-state index contributed by atoms with van der Waals surface area (Å²) in [6.45, 7) is 9.51. The van der Waals surface area contributed by atoms with Crippen molar-refractivity contribution in [1.29, 1.82) is 0 Å². The lowest BCUT2D eigenvalue weighted by Crippen LogP contribution is -2.17. The van der Waals surface area contributed by atoms with E-state index in [2.05, 4.69) is 4.72 Å². The third-order valence-corrected chi connectivity index (χ3v) is 6.90. The third-order valence-electron chi connectivity index (χ3n) is 5.24. The summed E-state index contributed by atoms with van der Waals surface area (Å²) in [6, 6.07) is 4.80. The standard InChI is InChI=1S/C19H22N2O4S/c1-10-11(2)13(4)18(14(5)12(10)3)26(23,24)20-15-7-8-16-17(9-15)25-19(22)21(16)6/h7-9,20H,1-6H3. The minimum absolute atomic E-state index is 0.299. The SMILES string of the molecule is Cc1c(C)c(C)c(S(=O)(=O)Nc2ccc3c(c2)oc(=O)n3C)c(C)c1C. The van der Waals surface area contributed by atoms with Crippen LogP contribution in [0.2, 0.25) is 0 Å². The number of sulfonamides is 1. The zero-order chi connectivity index (χ0) is 19.4. The largest absolute Gasteiger partial charge is 0.419 e. The maximum atomic E-state index is 13.1. The second kappa shape index (κ2) is 6.02. The Morgan fingerprint density at radius 1 is 0.923 bits per heavy atom. The van der Waals surface area contributed by atoms with E-state index in [1.54, 1.807) is 19.2 Å². The normalized spacial score (nSPS) is 11.9. The van der Waals surface area contributed by atoms with Crippen LogP contribution in [-0.4, -0.2) is 13.0 Å². The number of oxazole rings is 1. The lowest BCUT2D eigenvalue weighted by Gasteiger charge is -2.19. The van der Waals surface area contributed by atoms with Gasteiger partial charge in [-0.3, -0.25) is 9.29 Å². The average molecular weight is 374 g/mol. The number of hydrogen-bond acceptors (Lipinski definition) is 4. The van der Waals surface area contributed by atoms with Gasteiger partial charge >= 0.3 is 5.76 Å². The summed E-state index contributed by atoms with van der Waals surface area (Å²) in [6.07, 6.45) is 0. The van der Waals surface area contributed by atoms with Gasteiger partial charge in [-0.15, -0.1) is 0 Å². The van der Waals surface area contributed by atoms with Crippen LogP contribution < -0.4 is 10.5 Å². The fraction of sp³-hybridized carbons (Fsp3) is 0.316. The van der Waals surface area contributed by atoms with E-state index in [9.17, 15) is 13.2 Å². The van der Waals surface area contributed by atoms with E-state index in [1.807, 2.05) is 34.6 Å². The lowest BCUT2D eigenvalue weighted by molar-refractivity contribution is 0.528. The minimum Gasteiger partial charge on any atom is -0.408 e. The molecule has 0 aliphatic carbocycles. The van der Waals surface area contributed by atoms with E-state index in [0.717, 1.165) is 27.8 Å². The van der Waals surface area contributed by atoms with Crippen LogP contribution in [0.25, 0.3) is 11.1 Å². The summed E-state index contributed by atoms with van der Waals surface area (Å²) < 4.78 is 35.2. The van der Waals surface area contributed by atoms with Gasteiger partial charge in [0.05, 0.1) is 16.1 Å². The monoisotopic (exact) mass is 374 g/mol. The smallest absolute Gasteiger partial charge is 0.408 e. The Balaban J connectivity index is 2.12. The summed E-state index contributed by atoms with van der Waals surface area (Å²) in [5.41, 5.74) is 5.81. The number of benzene rings is 2. The molecule has 0 aliphatic heterocycles. The van der Waals surface area contributed by atoms with Gasteiger partial charge in [0.2, 0.25) is 0 Å². The molecule has 0 fully saturated rings. The van der Waals surface area contributed by atoms with Crippen LogP contribution in [-0.2, 0) is 17.1 Å². The van der Waals surface area contributed by atoms with Gasteiger partial charge in [-0.1, -0.05) is 0 Å². The van der Waals surface area contributed by atoms with Gasteiger partial charge in [-0.25, -0.2) is 13.2 Å². The highest BCUT2D eigenvalue weighted by Crippen LogP contribution is 2.31. The highest BCUT2D eigenvalue weighted by molar-refractivity contribution is 7.92. The topological polar surface area (TPSA) is 81.3 Å². The van der Waals surface area contributed by atoms with Gasteiger partial charge in [-0.2, -0.15) is 0 Å². The molecule has 1 N–H and O–H groups in total. The maximum absolute atomic E-state index is 13.1. The molecule has 3 rings (SSSR count). The minimum atomic E-state index is -3.78. The van der Waals surface area contributed by atoms with E-state index in [1.165, 1.54) is 10.6 Å². The van der Waals surface area contributed by atoms with Crippen molar-refractivity contribution in [3.63, 3.8) is 0 Å². The van der Waals surface area contributed by atoms with Crippen LogP contribution in [0.1, 0.15) is 27.8 Å². The second-order valence-electron chi connectivity index (χ2n) is 6.67. The molecule has 0 aliphatic rings. The Hall–Kier alpha value is -2.54. The Morgan fingerprint density at radius 3 is 2.04 bits per heavy atom. The fourth-order valence-corrected chi connectivity index (χ4v) is 4.92. The molecule has 0 bridgehead atoms. The molecule has 6 nitrogen and oxygen atoms in total. The quantitative estimate of drug-likeness (QED) is 0.761. The molecule has 1 heterocycles. The molecule has 2 aromatic carbocycles. The van der Waals surface area contributed by atoms with E-state index >= 15 is 0 Å². The predicted octanol–water partition coefficient (Wildman–Crippen LogP) is 3.47. The molecular weight excluding hydrogens is 352 g/mol. The number of aryl methyl sites for hydroxylation is 1. The van der Waals surface area contributed by atoms with Gasteiger partial charge in [0.1, 0.15) is 0 Å². The number of hydrogen-bond donors (Lipinski definition) is 1. The van der Waals surface area contributed by atoms with Gasteiger partial charge in [-0.05, 0) is 74.6 Å². The zero-order valence-electron chi connectivity index (χ0n) is 15.7. The molecule has 0 radical (unpaired) electrons. The molecule has 7 heteroatoms. The molecule has 138 valence electrons. The van der Waals surface area contributed by atoms with Crippen molar-refractivity contribution in [3.05, 3.63) is 56.6 Å². The molecule has 0 amide bonds. The van der Waals surface area contributed by atoms with E-state index in [0.29, 0.717) is 21.7 Å². The number of aromatic nitrogens is 1. The lowest BCUT2D eigenvalue weighted by atomic mass is 9.95. The summed E-state index contributed by atoms with van der Waals surface area (Å²) in [4.78, 5) is 11.9. The predicted molar refractivity (Wildman–Crippen MR) is 102 cm³/mol. The van der Waals surface area contributed by atoms with Gasteiger partial charge in [0.15, 0.2) is 5.58 Å². The Morgan fingerprint density at radius 2 is 1.46 bits per heavy atom. The highest BCUT2D eigenvalue weighted by Gasteiger charge is 2.24. The van der Waals surface area contributed by atoms with Crippen molar-refractivity contribution >= 4 is 26.8 Å². The molecule has 26 heavy (non-hydrogen) atoms. The Bertz CT molecular complexity index is 1170.